The van der Waals surface area contributed by atoms with Gasteiger partial charge in [0.1, 0.15) is 0 Å². The Labute approximate surface area is 79.8 Å². The molecule has 0 nitrogen and oxygen atoms in total. The van der Waals surface area contributed by atoms with Crippen LogP contribution in [0.1, 0.15) is 11.1 Å². The molecule has 0 N–H and O–H groups in total. The van der Waals surface area contributed by atoms with Gasteiger partial charge < -0.3 is 7.43 Å². The zero-order valence-corrected chi connectivity index (χ0v) is 8.35. The topological polar surface area (TPSA) is 0 Å². The van der Waals surface area contributed by atoms with Crippen LogP contribution in [0, 0.1) is 27.3 Å². The average Bonchev–Trinajstić information content (AvgIpc) is 1.64. The normalized spacial score (nSPS) is 7.40. The second-order valence-electron chi connectivity index (χ2n) is 2.05. The van der Waals surface area contributed by atoms with E-state index >= 15 is 0 Å². The van der Waals surface area contributed by atoms with Gasteiger partial charge in [0.2, 0.25) is 0 Å². The molecule has 0 fully saturated rings. The number of benzene rings is 1. The Balaban J connectivity index is 0. The molecule has 0 radical (unpaired) electrons. The van der Waals surface area contributed by atoms with E-state index in [1.54, 1.807) is 0 Å². The van der Waals surface area contributed by atoms with Crippen LogP contribution >= 0.6 is 0 Å². The van der Waals surface area contributed by atoms with E-state index in [0.29, 0.717) is 0 Å². The van der Waals surface area contributed by atoms with Gasteiger partial charge in [-0.2, -0.15) is 35.4 Å². The molecule has 0 aliphatic heterocycles. The summed E-state index contributed by atoms with van der Waals surface area (Å²) in [7, 11) is 0. The van der Waals surface area contributed by atoms with Crippen molar-refractivity contribution in [2.24, 2.45) is 0 Å². The van der Waals surface area contributed by atoms with E-state index in [1.807, 2.05) is 19.1 Å². The van der Waals surface area contributed by atoms with Crippen molar-refractivity contribution >= 4 is 23.1 Å². The molecule has 1 heteroatoms. The van der Waals surface area contributed by atoms with E-state index in [-0.39, 0.29) is 30.5 Å². The maximum absolute atomic E-state index is 3.07. The van der Waals surface area contributed by atoms with Crippen LogP contribution in [-0.4, -0.2) is 23.1 Å². The summed E-state index contributed by atoms with van der Waals surface area (Å²) in [6, 6.07) is 9.18. The number of aryl methyl sites for hydroxylation is 2. The minimum absolute atomic E-state index is 0. The first-order valence-electron chi connectivity index (χ1n) is 2.74. The second-order valence-corrected chi connectivity index (χ2v) is 2.05. The van der Waals surface area contributed by atoms with E-state index in [4.69, 9.17) is 0 Å². The Morgan fingerprint density at radius 2 is 1.90 bits per heavy atom. The van der Waals surface area contributed by atoms with Crippen LogP contribution in [-0.2, 0) is 0 Å². The van der Waals surface area contributed by atoms with Crippen LogP contribution in [0.3, 0.4) is 0 Å². The fourth-order valence-electron chi connectivity index (χ4n) is 0.736. The molecule has 0 aromatic heterocycles. The Morgan fingerprint density at radius 1 is 1.30 bits per heavy atom. The standard InChI is InChI=1S/C8H9.CH3.Mg/c1-7-4-3-5-8(2)6-7;;/h3-4,6H,1-2H3;1H3;/q2*-1;+2. The molecule has 0 aliphatic carbocycles. The summed E-state index contributed by atoms with van der Waals surface area (Å²) in [5, 5.41) is 0. The summed E-state index contributed by atoms with van der Waals surface area (Å²) in [5.74, 6) is 0. The van der Waals surface area contributed by atoms with Crippen LogP contribution in [0.4, 0.5) is 0 Å². The first-order valence-corrected chi connectivity index (χ1v) is 2.74. The van der Waals surface area contributed by atoms with Crippen molar-refractivity contribution in [3.8, 4) is 0 Å². The van der Waals surface area contributed by atoms with Gasteiger partial charge in [-0.05, 0) is 0 Å². The van der Waals surface area contributed by atoms with Gasteiger partial charge in [0.05, 0.1) is 0 Å². The van der Waals surface area contributed by atoms with Gasteiger partial charge in [0, 0.05) is 0 Å². The van der Waals surface area contributed by atoms with Crippen LogP contribution in [0.2, 0.25) is 0 Å². The largest absolute Gasteiger partial charge is 2.00 e. The van der Waals surface area contributed by atoms with Crippen LogP contribution in [0.5, 0.6) is 0 Å². The third kappa shape index (κ3) is 3.91. The van der Waals surface area contributed by atoms with Crippen LogP contribution < -0.4 is 0 Å². The predicted molar refractivity (Wildman–Crippen MR) is 46.9 cm³/mol. The summed E-state index contributed by atoms with van der Waals surface area (Å²) in [6.07, 6.45) is 0. The smallest absolute Gasteiger partial charge is 0.358 e. The van der Waals surface area contributed by atoms with Crippen molar-refractivity contribution in [2.45, 2.75) is 13.8 Å². The Bertz CT molecular complexity index is 165. The zero-order chi connectivity index (χ0) is 5.98. The van der Waals surface area contributed by atoms with Gasteiger partial charge in [0.15, 0.2) is 0 Å². The maximum Gasteiger partial charge on any atom is 2.00 e. The van der Waals surface area contributed by atoms with Crippen LogP contribution in [0.25, 0.3) is 0 Å². The molecule has 0 atom stereocenters. The van der Waals surface area contributed by atoms with Gasteiger partial charge in [-0.15, -0.1) is 0 Å². The van der Waals surface area contributed by atoms with E-state index in [0.717, 1.165) is 0 Å². The van der Waals surface area contributed by atoms with Crippen molar-refractivity contribution < 1.29 is 0 Å². The molecule has 1 aromatic carbocycles. The first-order chi connectivity index (χ1) is 3.79. The fraction of sp³-hybridized carbons (Fsp3) is 0.222. The van der Waals surface area contributed by atoms with Gasteiger partial charge >= 0.3 is 23.1 Å². The zero-order valence-electron chi connectivity index (χ0n) is 6.94. The number of hydrogen-bond acceptors (Lipinski definition) is 0. The summed E-state index contributed by atoms with van der Waals surface area (Å²) >= 11 is 0. The molecule has 0 spiro atoms. The molecule has 1 rings (SSSR count). The molecular weight excluding hydrogens is 132 g/mol. The summed E-state index contributed by atoms with van der Waals surface area (Å²) in [5.41, 5.74) is 2.52. The molecule has 0 saturated heterocycles. The Morgan fingerprint density at radius 3 is 2.20 bits per heavy atom. The van der Waals surface area contributed by atoms with Crippen LogP contribution in [0.15, 0.2) is 18.2 Å². The molecule has 1 aromatic rings. The van der Waals surface area contributed by atoms with Crippen molar-refractivity contribution in [3.05, 3.63) is 42.8 Å². The van der Waals surface area contributed by atoms with E-state index in [1.165, 1.54) is 11.1 Å². The minimum Gasteiger partial charge on any atom is -0.358 e. The van der Waals surface area contributed by atoms with Crippen molar-refractivity contribution in [1.29, 1.82) is 0 Å². The molecular formula is C9H12Mg. The molecule has 0 aliphatic rings. The summed E-state index contributed by atoms with van der Waals surface area (Å²) in [6.45, 7) is 4.13. The van der Waals surface area contributed by atoms with E-state index in [9.17, 15) is 0 Å². The SMILES string of the molecule is Cc1[c-]ccc(C)c1.[CH3-].[Mg+2]. The van der Waals surface area contributed by atoms with Gasteiger partial charge in [-0.1, -0.05) is 13.8 Å². The molecule has 0 unspecified atom stereocenters. The fourth-order valence-corrected chi connectivity index (χ4v) is 0.736. The quantitative estimate of drug-likeness (QED) is 0.387. The van der Waals surface area contributed by atoms with Crippen molar-refractivity contribution in [3.63, 3.8) is 0 Å². The van der Waals surface area contributed by atoms with Crippen molar-refractivity contribution in [1.82, 2.24) is 0 Å². The predicted octanol–water partition coefficient (Wildman–Crippen LogP) is 2.17. The van der Waals surface area contributed by atoms with Crippen molar-refractivity contribution in [2.75, 3.05) is 0 Å². The average molecular weight is 144 g/mol. The summed E-state index contributed by atoms with van der Waals surface area (Å²) < 4.78 is 0. The number of hydrogen-bond donors (Lipinski definition) is 0. The third-order valence-electron chi connectivity index (χ3n) is 1.10. The Kier molecular flexibility index (Phi) is 7.27. The summed E-state index contributed by atoms with van der Waals surface area (Å²) in [4.78, 5) is 0. The van der Waals surface area contributed by atoms with Gasteiger partial charge in [-0.25, -0.2) is 0 Å². The molecule has 0 saturated carbocycles. The van der Waals surface area contributed by atoms with Gasteiger partial charge in [-0.3, -0.25) is 0 Å². The first kappa shape index (κ1) is 12.6. The Hall–Kier alpha value is -0.0138. The number of rotatable bonds is 0. The second kappa shape index (κ2) is 5.75. The molecule has 50 valence electrons. The minimum atomic E-state index is 0. The van der Waals surface area contributed by atoms with E-state index in [2.05, 4.69) is 19.1 Å². The van der Waals surface area contributed by atoms with E-state index < -0.39 is 0 Å². The monoisotopic (exact) mass is 144 g/mol. The molecule has 10 heavy (non-hydrogen) atoms. The molecule has 0 amide bonds. The maximum atomic E-state index is 3.07. The third-order valence-corrected chi connectivity index (χ3v) is 1.10. The van der Waals surface area contributed by atoms with Gasteiger partial charge in [0.25, 0.3) is 0 Å². The molecule has 0 bridgehead atoms. The molecule has 0 heterocycles.